The fourth-order valence-electron chi connectivity index (χ4n) is 2.81. The van der Waals surface area contributed by atoms with Crippen LogP contribution in [0.1, 0.15) is 23.2 Å². The van der Waals surface area contributed by atoms with Crippen molar-refractivity contribution in [3.05, 3.63) is 58.1 Å². The zero-order chi connectivity index (χ0) is 16.2. The number of halogens is 2. The van der Waals surface area contributed by atoms with Gasteiger partial charge in [0.25, 0.3) is 0 Å². The summed E-state index contributed by atoms with van der Waals surface area (Å²) in [6.07, 6.45) is 2.84. The number of piperidine rings is 1. The van der Waals surface area contributed by atoms with Crippen LogP contribution in [0.15, 0.2) is 42.5 Å². The van der Waals surface area contributed by atoms with Gasteiger partial charge in [-0.15, -0.1) is 0 Å². The lowest BCUT2D eigenvalue weighted by Gasteiger charge is -2.34. The molecule has 1 aliphatic rings. The van der Waals surface area contributed by atoms with Gasteiger partial charge < -0.3 is 9.64 Å². The summed E-state index contributed by atoms with van der Waals surface area (Å²) in [5, 5.41) is 1.35. The van der Waals surface area contributed by atoms with E-state index in [0.717, 1.165) is 43.7 Å². The van der Waals surface area contributed by atoms with Crippen LogP contribution in [0.4, 0.5) is 5.69 Å². The predicted octanol–water partition coefficient (Wildman–Crippen LogP) is 4.85. The molecule has 1 fully saturated rings. The van der Waals surface area contributed by atoms with Crippen molar-refractivity contribution < 1.29 is 9.53 Å². The maximum absolute atomic E-state index is 11.2. The molecular formula is C18H17Cl2NO2. The fourth-order valence-corrected chi connectivity index (χ4v) is 3.10. The third kappa shape index (κ3) is 3.98. The van der Waals surface area contributed by atoms with Crippen LogP contribution in [0.5, 0.6) is 5.75 Å². The zero-order valence-corrected chi connectivity index (χ0v) is 14.1. The quantitative estimate of drug-likeness (QED) is 0.738. The molecule has 2 aromatic rings. The first-order valence-electron chi connectivity index (χ1n) is 7.57. The van der Waals surface area contributed by atoms with Crippen LogP contribution in [-0.2, 0) is 0 Å². The third-order valence-electron chi connectivity index (χ3n) is 4.02. The Morgan fingerprint density at radius 2 is 1.65 bits per heavy atom. The molecule has 0 bridgehead atoms. The maximum atomic E-state index is 11.2. The molecule has 120 valence electrons. The molecular weight excluding hydrogens is 333 g/mol. The second-order valence-corrected chi connectivity index (χ2v) is 6.45. The minimum absolute atomic E-state index is 0.172. The van der Waals surface area contributed by atoms with Gasteiger partial charge in [-0.25, -0.2) is 0 Å². The number of ether oxygens (including phenoxy) is 1. The van der Waals surface area contributed by atoms with E-state index in [4.69, 9.17) is 27.9 Å². The van der Waals surface area contributed by atoms with Crippen molar-refractivity contribution in [2.75, 3.05) is 18.0 Å². The Balaban J connectivity index is 1.63. The van der Waals surface area contributed by atoms with Crippen LogP contribution in [0, 0.1) is 0 Å². The standard InChI is InChI=1S/C18H17Cl2NO2/c19-14-3-5-16(6-4-14)23-17-7-9-21(10-8-17)18-11-15(20)2-1-13(18)12-22/h1-6,11-12,17H,7-10H2. The lowest BCUT2D eigenvalue weighted by molar-refractivity contribution is 0.112. The molecule has 1 heterocycles. The van der Waals surface area contributed by atoms with Crippen molar-refractivity contribution in [2.45, 2.75) is 18.9 Å². The van der Waals surface area contributed by atoms with E-state index in [0.29, 0.717) is 15.6 Å². The Bertz CT molecular complexity index is 680. The number of hydrogen-bond donors (Lipinski definition) is 0. The molecule has 3 nitrogen and oxygen atoms in total. The van der Waals surface area contributed by atoms with E-state index >= 15 is 0 Å². The average Bonchev–Trinajstić information content (AvgIpc) is 2.58. The van der Waals surface area contributed by atoms with Crippen LogP contribution >= 0.6 is 23.2 Å². The molecule has 2 aromatic carbocycles. The summed E-state index contributed by atoms with van der Waals surface area (Å²) < 4.78 is 5.99. The highest BCUT2D eigenvalue weighted by Gasteiger charge is 2.22. The van der Waals surface area contributed by atoms with Crippen molar-refractivity contribution in [3.8, 4) is 5.75 Å². The first-order chi connectivity index (χ1) is 11.2. The first kappa shape index (κ1) is 16.2. The summed E-state index contributed by atoms with van der Waals surface area (Å²) in [7, 11) is 0. The molecule has 0 amide bonds. The Hall–Kier alpha value is -1.71. The van der Waals surface area contributed by atoms with Crippen molar-refractivity contribution in [2.24, 2.45) is 0 Å². The van der Waals surface area contributed by atoms with Gasteiger partial charge in [-0.3, -0.25) is 4.79 Å². The van der Waals surface area contributed by atoms with E-state index in [1.165, 1.54) is 0 Å². The number of anilines is 1. The van der Waals surface area contributed by atoms with E-state index in [9.17, 15) is 4.79 Å². The number of benzene rings is 2. The van der Waals surface area contributed by atoms with E-state index in [1.54, 1.807) is 12.1 Å². The molecule has 0 radical (unpaired) electrons. The number of carbonyl (C=O) groups is 1. The van der Waals surface area contributed by atoms with Gasteiger partial charge in [0.2, 0.25) is 0 Å². The summed E-state index contributed by atoms with van der Waals surface area (Å²) in [5.41, 5.74) is 1.57. The van der Waals surface area contributed by atoms with Gasteiger partial charge in [0.15, 0.2) is 6.29 Å². The molecule has 5 heteroatoms. The topological polar surface area (TPSA) is 29.5 Å². The van der Waals surface area contributed by atoms with Crippen molar-refractivity contribution in [1.29, 1.82) is 0 Å². The minimum atomic E-state index is 0.172. The number of hydrogen-bond acceptors (Lipinski definition) is 3. The lowest BCUT2D eigenvalue weighted by atomic mass is 10.1. The first-order valence-corrected chi connectivity index (χ1v) is 8.33. The highest BCUT2D eigenvalue weighted by atomic mass is 35.5. The number of nitrogens with zero attached hydrogens (tertiary/aromatic N) is 1. The molecule has 0 N–H and O–H groups in total. The lowest BCUT2D eigenvalue weighted by Crippen LogP contribution is -2.38. The number of rotatable bonds is 4. The van der Waals surface area contributed by atoms with E-state index in [2.05, 4.69) is 4.90 Å². The predicted molar refractivity (Wildman–Crippen MR) is 94.2 cm³/mol. The van der Waals surface area contributed by atoms with Gasteiger partial charge in [0.05, 0.1) is 0 Å². The summed E-state index contributed by atoms with van der Waals surface area (Å²) >= 11 is 11.9. The molecule has 1 saturated heterocycles. The number of carbonyl (C=O) groups excluding carboxylic acids is 1. The highest BCUT2D eigenvalue weighted by Crippen LogP contribution is 2.28. The summed E-state index contributed by atoms with van der Waals surface area (Å²) in [6, 6.07) is 12.8. The van der Waals surface area contributed by atoms with E-state index < -0.39 is 0 Å². The van der Waals surface area contributed by atoms with E-state index in [-0.39, 0.29) is 6.10 Å². The van der Waals surface area contributed by atoms with Gasteiger partial charge in [-0.05, 0) is 42.5 Å². The van der Waals surface area contributed by atoms with Gasteiger partial charge in [0.1, 0.15) is 11.9 Å². The third-order valence-corrected chi connectivity index (χ3v) is 4.51. The summed E-state index contributed by atoms with van der Waals surface area (Å²) in [5.74, 6) is 0.837. The Labute approximate surface area is 145 Å². The normalized spacial score (nSPS) is 15.5. The van der Waals surface area contributed by atoms with Crippen LogP contribution in [0.25, 0.3) is 0 Å². The molecule has 23 heavy (non-hydrogen) atoms. The average molecular weight is 350 g/mol. The van der Waals surface area contributed by atoms with E-state index in [1.807, 2.05) is 30.3 Å². The Morgan fingerprint density at radius 1 is 1.00 bits per heavy atom. The highest BCUT2D eigenvalue weighted by molar-refractivity contribution is 6.31. The van der Waals surface area contributed by atoms with Crippen LogP contribution < -0.4 is 9.64 Å². The second kappa shape index (κ2) is 7.24. The minimum Gasteiger partial charge on any atom is -0.490 e. The maximum Gasteiger partial charge on any atom is 0.152 e. The Morgan fingerprint density at radius 3 is 2.30 bits per heavy atom. The molecule has 3 rings (SSSR count). The Kier molecular flexibility index (Phi) is 5.09. The van der Waals surface area contributed by atoms with Gasteiger partial charge >= 0.3 is 0 Å². The van der Waals surface area contributed by atoms with Gasteiger partial charge in [0, 0.05) is 47.2 Å². The number of aldehydes is 1. The van der Waals surface area contributed by atoms with Gasteiger partial charge in [-0.2, -0.15) is 0 Å². The largest absolute Gasteiger partial charge is 0.490 e. The molecule has 0 aromatic heterocycles. The summed E-state index contributed by atoms with van der Waals surface area (Å²) in [4.78, 5) is 13.4. The molecule has 1 aliphatic heterocycles. The van der Waals surface area contributed by atoms with Gasteiger partial charge in [-0.1, -0.05) is 23.2 Å². The summed E-state index contributed by atoms with van der Waals surface area (Å²) in [6.45, 7) is 1.67. The zero-order valence-electron chi connectivity index (χ0n) is 12.5. The van der Waals surface area contributed by atoms with Crippen LogP contribution in [0.3, 0.4) is 0 Å². The molecule has 0 spiro atoms. The van der Waals surface area contributed by atoms with Crippen molar-refractivity contribution in [3.63, 3.8) is 0 Å². The fraction of sp³-hybridized carbons (Fsp3) is 0.278. The van der Waals surface area contributed by atoms with Crippen LogP contribution in [0.2, 0.25) is 10.0 Å². The SMILES string of the molecule is O=Cc1ccc(Cl)cc1N1CCC(Oc2ccc(Cl)cc2)CC1. The van der Waals surface area contributed by atoms with Crippen molar-refractivity contribution >= 4 is 35.2 Å². The molecule has 0 unspecified atom stereocenters. The monoisotopic (exact) mass is 349 g/mol. The molecule has 0 saturated carbocycles. The smallest absolute Gasteiger partial charge is 0.152 e. The second-order valence-electron chi connectivity index (χ2n) is 5.58. The molecule has 0 aliphatic carbocycles. The van der Waals surface area contributed by atoms with Crippen molar-refractivity contribution in [1.82, 2.24) is 0 Å². The molecule has 0 atom stereocenters. The van der Waals surface area contributed by atoms with Crippen LogP contribution in [-0.4, -0.2) is 25.5 Å².